The zero-order valence-corrected chi connectivity index (χ0v) is 25.2. The highest BCUT2D eigenvalue weighted by Gasteiger charge is 2.35. The van der Waals surface area contributed by atoms with Crippen molar-refractivity contribution in [1.29, 1.82) is 0 Å². The Kier molecular flexibility index (Phi) is 9.62. The number of hydrogen-bond acceptors (Lipinski definition) is 6. The van der Waals surface area contributed by atoms with Crippen LogP contribution in [-0.4, -0.2) is 58.0 Å². The quantitative estimate of drug-likeness (QED) is 0.263. The van der Waals surface area contributed by atoms with E-state index < -0.39 is 46.1 Å². The second kappa shape index (κ2) is 13.8. The van der Waals surface area contributed by atoms with Crippen LogP contribution in [0.1, 0.15) is 11.1 Å². The number of carbonyl (C=O) groups excluding carboxylic acids is 2. The van der Waals surface area contributed by atoms with Gasteiger partial charge in [-0.2, -0.15) is 0 Å². The van der Waals surface area contributed by atoms with E-state index in [0.717, 1.165) is 22.0 Å². The first-order valence-corrected chi connectivity index (χ1v) is 15.6. The van der Waals surface area contributed by atoms with E-state index >= 15 is 0 Å². The van der Waals surface area contributed by atoms with Gasteiger partial charge in [0.1, 0.15) is 37.4 Å². The van der Waals surface area contributed by atoms with Crippen molar-refractivity contribution in [3.63, 3.8) is 0 Å². The van der Waals surface area contributed by atoms with E-state index in [4.69, 9.17) is 9.47 Å². The molecule has 1 atom stereocenters. The van der Waals surface area contributed by atoms with Crippen molar-refractivity contribution in [2.75, 3.05) is 31.1 Å². The van der Waals surface area contributed by atoms with Crippen LogP contribution < -0.4 is 19.1 Å². The van der Waals surface area contributed by atoms with E-state index in [9.17, 15) is 26.8 Å². The molecule has 0 saturated carbocycles. The number of anilines is 1. The number of rotatable bonds is 11. The third-order valence-electron chi connectivity index (χ3n) is 7.31. The van der Waals surface area contributed by atoms with Crippen molar-refractivity contribution in [2.24, 2.45) is 0 Å². The number of amides is 2. The Hall–Kier alpha value is -4.97. The Morgan fingerprint density at radius 1 is 0.867 bits per heavy atom. The number of sulfonamides is 1. The Morgan fingerprint density at radius 2 is 1.53 bits per heavy atom. The maximum absolute atomic E-state index is 14.9. The maximum Gasteiger partial charge on any atom is 0.264 e. The molecule has 0 bridgehead atoms. The molecule has 0 radical (unpaired) electrons. The molecule has 4 aromatic rings. The summed E-state index contributed by atoms with van der Waals surface area (Å²) >= 11 is 0. The van der Waals surface area contributed by atoms with Gasteiger partial charge in [0.05, 0.1) is 10.6 Å². The van der Waals surface area contributed by atoms with E-state index in [1.54, 1.807) is 30.3 Å². The van der Waals surface area contributed by atoms with Crippen LogP contribution >= 0.6 is 0 Å². The Balaban J connectivity index is 1.57. The van der Waals surface area contributed by atoms with Gasteiger partial charge in [-0.05, 0) is 48.0 Å². The van der Waals surface area contributed by atoms with E-state index in [1.807, 2.05) is 6.07 Å². The molecular formula is C33H31F2N3O6S. The van der Waals surface area contributed by atoms with Crippen LogP contribution in [0.15, 0.2) is 102 Å². The number of nitrogens with zero attached hydrogens (tertiary/aromatic N) is 2. The van der Waals surface area contributed by atoms with E-state index in [0.29, 0.717) is 12.4 Å². The summed E-state index contributed by atoms with van der Waals surface area (Å²) in [6, 6.07) is 22.4. The Bertz CT molecular complexity index is 1770. The predicted octanol–water partition coefficient (Wildman–Crippen LogP) is 4.32. The summed E-state index contributed by atoms with van der Waals surface area (Å²) < 4.78 is 69.0. The summed E-state index contributed by atoms with van der Waals surface area (Å²) in [6.45, 7) is -0.566. The molecule has 0 aliphatic carbocycles. The summed E-state index contributed by atoms with van der Waals surface area (Å²) in [7, 11) is -3.05. The summed E-state index contributed by atoms with van der Waals surface area (Å²) in [5, 5.41) is 2.57. The minimum absolute atomic E-state index is 0.00466. The lowest BCUT2D eigenvalue weighted by molar-refractivity contribution is -0.139. The largest absolute Gasteiger partial charge is 0.486 e. The van der Waals surface area contributed by atoms with Crippen LogP contribution in [0.25, 0.3) is 0 Å². The molecule has 9 nitrogen and oxygen atoms in total. The fraction of sp³-hybridized carbons (Fsp3) is 0.212. The van der Waals surface area contributed by atoms with Crippen molar-refractivity contribution in [3.05, 3.63) is 120 Å². The number of carbonyl (C=O) groups is 2. The number of benzene rings is 4. The highest BCUT2D eigenvalue weighted by molar-refractivity contribution is 7.92. The first kappa shape index (κ1) is 31.5. The molecule has 5 rings (SSSR count). The van der Waals surface area contributed by atoms with Gasteiger partial charge in [-0.3, -0.25) is 13.9 Å². The van der Waals surface area contributed by atoms with Crippen LogP contribution in [0.4, 0.5) is 14.5 Å². The first-order valence-electron chi connectivity index (χ1n) is 14.1. The standard InChI is InChI=1S/C33H31F2N3O6S/c1-36-33(40)29(19-23-7-3-2-4-8-23)37(21-24-9-5-6-10-28(24)35)32(39)22-38(26-13-11-25(34)12-14-26)45(41,42)27-15-16-30-31(20-27)44-18-17-43-30/h2-16,20,29H,17-19,21-22H2,1H3,(H,36,40). The number of nitrogens with one attached hydrogen (secondary N) is 1. The molecule has 2 amide bonds. The van der Waals surface area contributed by atoms with Gasteiger partial charge >= 0.3 is 0 Å². The molecule has 0 fully saturated rings. The number of ether oxygens (including phenoxy) is 2. The van der Waals surface area contributed by atoms with Crippen LogP contribution in [-0.2, 0) is 32.6 Å². The Labute approximate surface area is 260 Å². The fourth-order valence-electron chi connectivity index (χ4n) is 4.98. The van der Waals surface area contributed by atoms with Crippen molar-refractivity contribution >= 4 is 27.5 Å². The van der Waals surface area contributed by atoms with Gasteiger partial charge in [0, 0.05) is 31.6 Å². The van der Waals surface area contributed by atoms with Crippen molar-refractivity contribution in [2.45, 2.75) is 23.9 Å². The second-order valence-corrected chi connectivity index (χ2v) is 12.1. The summed E-state index contributed by atoms with van der Waals surface area (Å²) in [4.78, 5) is 28.5. The highest BCUT2D eigenvalue weighted by atomic mass is 32.2. The number of halogens is 2. The van der Waals surface area contributed by atoms with Gasteiger partial charge in [-0.15, -0.1) is 0 Å². The number of likely N-dealkylation sites (N-methyl/N-ethyl adjacent to an activating group) is 1. The molecule has 0 spiro atoms. The number of fused-ring (bicyclic) bond motifs is 1. The highest BCUT2D eigenvalue weighted by Crippen LogP contribution is 2.34. The minimum Gasteiger partial charge on any atom is -0.486 e. The Morgan fingerprint density at radius 3 is 2.22 bits per heavy atom. The van der Waals surface area contributed by atoms with Gasteiger partial charge in [-0.1, -0.05) is 48.5 Å². The molecule has 45 heavy (non-hydrogen) atoms. The van der Waals surface area contributed by atoms with Crippen molar-refractivity contribution in [1.82, 2.24) is 10.2 Å². The topological polar surface area (TPSA) is 105 Å². The number of hydrogen-bond donors (Lipinski definition) is 1. The minimum atomic E-state index is -4.47. The maximum atomic E-state index is 14.9. The van der Waals surface area contributed by atoms with Crippen LogP contribution in [0, 0.1) is 11.6 Å². The lowest BCUT2D eigenvalue weighted by Gasteiger charge is -2.33. The zero-order chi connectivity index (χ0) is 32.0. The van der Waals surface area contributed by atoms with Crippen LogP contribution in [0.5, 0.6) is 11.5 Å². The normalized spacial score (nSPS) is 13.0. The molecule has 1 aliphatic rings. The lowest BCUT2D eigenvalue weighted by atomic mass is 10.0. The molecular weight excluding hydrogens is 604 g/mol. The summed E-state index contributed by atoms with van der Waals surface area (Å²) in [5.41, 5.74) is 0.873. The van der Waals surface area contributed by atoms with Gasteiger partial charge in [0.25, 0.3) is 10.0 Å². The molecule has 12 heteroatoms. The summed E-state index contributed by atoms with van der Waals surface area (Å²) in [5.74, 6) is -1.92. The van der Waals surface area contributed by atoms with E-state index in [-0.39, 0.29) is 41.5 Å². The molecule has 1 unspecified atom stereocenters. The average Bonchev–Trinajstić information content (AvgIpc) is 3.06. The van der Waals surface area contributed by atoms with Crippen LogP contribution in [0.2, 0.25) is 0 Å². The fourth-order valence-corrected chi connectivity index (χ4v) is 6.41. The van der Waals surface area contributed by atoms with Crippen molar-refractivity contribution < 1.29 is 36.3 Å². The van der Waals surface area contributed by atoms with E-state index in [1.165, 1.54) is 60.5 Å². The molecule has 0 aromatic heterocycles. The van der Waals surface area contributed by atoms with Gasteiger partial charge in [0.2, 0.25) is 11.8 Å². The average molecular weight is 636 g/mol. The van der Waals surface area contributed by atoms with Gasteiger partial charge in [-0.25, -0.2) is 17.2 Å². The molecule has 0 saturated heterocycles. The predicted molar refractivity (Wildman–Crippen MR) is 163 cm³/mol. The SMILES string of the molecule is CNC(=O)C(Cc1ccccc1)N(Cc1ccccc1F)C(=O)CN(c1ccc(F)cc1)S(=O)(=O)c1ccc2c(c1)OCCO2. The molecule has 1 heterocycles. The summed E-state index contributed by atoms with van der Waals surface area (Å²) in [6.07, 6.45) is 0.0756. The molecule has 1 N–H and O–H groups in total. The van der Waals surface area contributed by atoms with Gasteiger partial charge in [0.15, 0.2) is 11.5 Å². The third-order valence-corrected chi connectivity index (χ3v) is 9.08. The molecule has 1 aliphatic heterocycles. The molecule has 4 aromatic carbocycles. The molecule has 234 valence electrons. The monoisotopic (exact) mass is 635 g/mol. The zero-order valence-electron chi connectivity index (χ0n) is 24.4. The second-order valence-electron chi connectivity index (χ2n) is 10.2. The van der Waals surface area contributed by atoms with Gasteiger partial charge < -0.3 is 19.7 Å². The lowest BCUT2D eigenvalue weighted by Crippen LogP contribution is -2.53. The van der Waals surface area contributed by atoms with Crippen molar-refractivity contribution in [3.8, 4) is 11.5 Å². The third kappa shape index (κ3) is 7.23. The van der Waals surface area contributed by atoms with Crippen LogP contribution in [0.3, 0.4) is 0 Å². The van der Waals surface area contributed by atoms with E-state index in [2.05, 4.69) is 5.32 Å². The smallest absolute Gasteiger partial charge is 0.264 e. The first-order chi connectivity index (χ1) is 21.7.